The summed E-state index contributed by atoms with van der Waals surface area (Å²) >= 11 is 0. The topological polar surface area (TPSA) is 67.9 Å². The summed E-state index contributed by atoms with van der Waals surface area (Å²) in [6, 6.07) is 13.4. The second-order valence-electron chi connectivity index (χ2n) is 7.35. The largest absolute Gasteiger partial charge is 0.493 e. The molecule has 1 aliphatic heterocycles. The van der Waals surface area contributed by atoms with Gasteiger partial charge in [-0.2, -0.15) is 0 Å². The molecule has 0 spiro atoms. The molecule has 29 heavy (non-hydrogen) atoms. The predicted octanol–water partition coefficient (Wildman–Crippen LogP) is 2.96. The number of methoxy groups -OCH3 is 2. The van der Waals surface area contributed by atoms with Crippen molar-refractivity contribution in [1.29, 1.82) is 0 Å². The highest BCUT2D eigenvalue weighted by Crippen LogP contribution is 2.33. The number of fused-ring (bicyclic) bond motifs is 1. The fourth-order valence-electron chi connectivity index (χ4n) is 3.67. The van der Waals surface area contributed by atoms with E-state index in [1.165, 1.54) is 11.1 Å². The molecular weight excluding hydrogens is 388 g/mol. The van der Waals surface area contributed by atoms with E-state index in [4.69, 9.17) is 9.47 Å². The minimum atomic E-state index is -3.28. The SMILES string of the molecule is COc1cc2c(cc1OC)CN(CCCCNS(=O)(=O)Cc1ccccc1)CC2. The molecule has 2 aromatic carbocycles. The van der Waals surface area contributed by atoms with Crippen LogP contribution in [0.15, 0.2) is 42.5 Å². The van der Waals surface area contributed by atoms with Gasteiger partial charge < -0.3 is 9.47 Å². The van der Waals surface area contributed by atoms with Crippen LogP contribution in [-0.4, -0.2) is 47.2 Å². The summed E-state index contributed by atoms with van der Waals surface area (Å²) in [5.41, 5.74) is 3.39. The van der Waals surface area contributed by atoms with Crippen molar-refractivity contribution >= 4 is 10.0 Å². The Kier molecular flexibility index (Phi) is 7.52. The van der Waals surface area contributed by atoms with Gasteiger partial charge in [0.15, 0.2) is 11.5 Å². The molecule has 0 atom stereocenters. The van der Waals surface area contributed by atoms with E-state index in [0.29, 0.717) is 6.54 Å². The molecule has 1 heterocycles. The van der Waals surface area contributed by atoms with Crippen LogP contribution >= 0.6 is 0 Å². The Labute approximate surface area is 173 Å². The van der Waals surface area contributed by atoms with Crippen LogP contribution in [0.25, 0.3) is 0 Å². The maximum atomic E-state index is 12.2. The molecule has 1 aliphatic rings. The number of unbranched alkanes of at least 4 members (excludes halogenated alkanes) is 1. The minimum absolute atomic E-state index is 0.0298. The maximum Gasteiger partial charge on any atom is 0.215 e. The van der Waals surface area contributed by atoms with Gasteiger partial charge in [0.25, 0.3) is 0 Å². The lowest BCUT2D eigenvalue weighted by atomic mass is 9.98. The van der Waals surface area contributed by atoms with Gasteiger partial charge in [-0.15, -0.1) is 0 Å². The standard InChI is InChI=1S/C22H30N2O4S/c1-27-21-14-19-10-13-24(16-20(19)15-22(21)28-2)12-7-6-11-23-29(25,26)17-18-8-4-3-5-9-18/h3-5,8-9,14-15,23H,6-7,10-13,16-17H2,1-2H3. The molecule has 0 unspecified atom stereocenters. The normalized spacial score (nSPS) is 14.4. The van der Waals surface area contributed by atoms with Gasteiger partial charge in [0.05, 0.1) is 20.0 Å². The Morgan fingerprint density at radius 1 is 1.00 bits per heavy atom. The fourth-order valence-corrected chi connectivity index (χ4v) is 4.85. The van der Waals surface area contributed by atoms with Crippen LogP contribution in [0, 0.1) is 0 Å². The van der Waals surface area contributed by atoms with Crippen molar-refractivity contribution < 1.29 is 17.9 Å². The van der Waals surface area contributed by atoms with Crippen LogP contribution < -0.4 is 14.2 Å². The van der Waals surface area contributed by atoms with Crippen molar-refractivity contribution in [2.75, 3.05) is 33.9 Å². The zero-order valence-electron chi connectivity index (χ0n) is 17.2. The lowest BCUT2D eigenvalue weighted by Gasteiger charge is -2.29. The fraction of sp³-hybridized carbons (Fsp3) is 0.455. The summed E-state index contributed by atoms with van der Waals surface area (Å²) < 4.78 is 37.9. The quantitative estimate of drug-likeness (QED) is 0.601. The molecule has 158 valence electrons. The summed E-state index contributed by atoms with van der Waals surface area (Å²) in [4.78, 5) is 2.41. The average Bonchev–Trinajstić information content (AvgIpc) is 2.72. The Hall–Kier alpha value is -2.09. The second kappa shape index (κ2) is 10.1. The third kappa shape index (κ3) is 6.19. The Morgan fingerprint density at radius 3 is 2.38 bits per heavy atom. The van der Waals surface area contributed by atoms with E-state index in [-0.39, 0.29) is 5.75 Å². The van der Waals surface area contributed by atoms with Gasteiger partial charge in [0, 0.05) is 19.6 Å². The van der Waals surface area contributed by atoms with Crippen molar-refractivity contribution in [2.24, 2.45) is 0 Å². The molecule has 0 saturated carbocycles. The van der Waals surface area contributed by atoms with Gasteiger partial charge in [0.2, 0.25) is 10.0 Å². The molecular formula is C22H30N2O4S. The third-order valence-electron chi connectivity index (χ3n) is 5.22. The molecule has 0 saturated heterocycles. The molecule has 0 amide bonds. The molecule has 0 fully saturated rings. The van der Waals surface area contributed by atoms with Gasteiger partial charge in [-0.25, -0.2) is 13.1 Å². The van der Waals surface area contributed by atoms with E-state index in [9.17, 15) is 8.42 Å². The van der Waals surface area contributed by atoms with E-state index in [2.05, 4.69) is 21.8 Å². The molecule has 0 aliphatic carbocycles. The highest BCUT2D eigenvalue weighted by molar-refractivity contribution is 7.88. The Morgan fingerprint density at radius 2 is 1.69 bits per heavy atom. The molecule has 2 aromatic rings. The lowest BCUT2D eigenvalue weighted by Crippen LogP contribution is -2.32. The first-order valence-corrected chi connectivity index (χ1v) is 11.6. The molecule has 0 radical (unpaired) electrons. The number of nitrogens with one attached hydrogen (secondary N) is 1. The van der Waals surface area contributed by atoms with Crippen molar-refractivity contribution in [1.82, 2.24) is 9.62 Å². The van der Waals surface area contributed by atoms with Crippen LogP contribution in [0.3, 0.4) is 0 Å². The van der Waals surface area contributed by atoms with Crippen molar-refractivity contribution in [3.63, 3.8) is 0 Å². The summed E-state index contributed by atoms with van der Waals surface area (Å²) in [7, 11) is 0.0330. The van der Waals surface area contributed by atoms with Crippen LogP contribution in [-0.2, 0) is 28.7 Å². The second-order valence-corrected chi connectivity index (χ2v) is 9.16. The molecule has 1 N–H and O–H groups in total. The van der Waals surface area contributed by atoms with Crippen LogP contribution in [0.5, 0.6) is 11.5 Å². The van der Waals surface area contributed by atoms with Crippen molar-refractivity contribution in [2.45, 2.75) is 31.6 Å². The number of hydrogen-bond acceptors (Lipinski definition) is 5. The predicted molar refractivity (Wildman–Crippen MR) is 115 cm³/mol. The first-order valence-electron chi connectivity index (χ1n) is 9.98. The zero-order valence-corrected chi connectivity index (χ0v) is 18.0. The van der Waals surface area contributed by atoms with Crippen molar-refractivity contribution in [3.05, 3.63) is 59.2 Å². The third-order valence-corrected chi connectivity index (χ3v) is 6.58. The lowest BCUT2D eigenvalue weighted by molar-refractivity contribution is 0.248. The van der Waals surface area contributed by atoms with E-state index in [0.717, 1.165) is 56.0 Å². The Balaban J connectivity index is 1.41. The highest BCUT2D eigenvalue weighted by Gasteiger charge is 2.19. The average molecular weight is 419 g/mol. The molecule has 6 nitrogen and oxygen atoms in total. The van der Waals surface area contributed by atoms with E-state index < -0.39 is 10.0 Å². The maximum absolute atomic E-state index is 12.2. The summed E-state index contributed by atoms with van der Waals surface area (Å²) in [5, 5.41) is 0. The van der Waals surface area contributed by atoms with Crippen LogP contribution in [0.4, 0.5) is 0 Å². The van der Waals surface area contributed by atoms with Gasteiger partial charge >= 0.3 is 0 Å². The number of nitrogens with zero attached hydrogens (tertiary/aromatic N) is 1. The Bertz CT molecular complexity index is 901. The molecule has 0 aromatic heterocycles. The molecule has 0 bridgehead atoms. The first kappa shape index (κ1) is 21.6. The monoisotopic (exact) mass is 418 g/mol. The smallest absolute Gasteiger partial charge is 0.215 e. The van der Waals surface area contributed by atoms with Crippen LogP contribution in [0.1, 0.15) is 29.5 Å². The number of rotatable bonds is 10. The van der Waals surface area contributed by atoms with Crippen LogP contribution in [0.2, 0.25) is 0 Å². The van der Waals surface area contributed by atoms with E-state index in [1.807, 2.05) is 30.3 Å². The highest BCUT2D eigenvalue weighted by atomic mass is 32.2. The summed E-state index contributed by atoms with van der Waals surface area (Å²) in [5.74, 6) is 1.57. The first-order chi connectivity index (χ1) is 14.0. The van der Waals surface area contributed by atoms with E-state index in [1.54, 1.807) is 14.2 Å². The van der Waals surface area contributed by atoms with Crippen molar-refractivity contribution in [3.8, 4) is 11.5 Å². The molecule has 7 heteroatoms. The van der Waals surface area contributed by atoms with Gasteiger partial charge in [-0.1, -0.05) is 30.3 Å². The summed E-state index contributed by atoms with van der Waals surface area (Å²) in [6.45, 7) is 3.32. The summed E-state index contributed by atoms with van der Waals surface area (Å²) in [6.07, 6.45) is 2.76. The number of sulfonamides is 1. The number of ether oxygens (including phenoxy) is 2. The minimum Gasteiger partial charge on any atom is -0.493 e. The molecule has 3 rings (SSSR count). The van der Waals surface area contributed by atoms with Gasteiger partial charge in [-0.05, 0) is 54.6 Å². The van der Waals surface area contributed by atoms with E-state index >= 15 is 0 Å². The van der Waals surface area contributed by atoms with Gasteiger partial charge in [-0.3, -0.25) is 4.90 Å². The number of benzene rings is 2. The van der Waals surface area contributed by atoms with Gasteiger partial charge in [0.1, 0.15) is 0 Å². The number of hydrogen-bond donors (Lipinski definition) is 1. The zero-order chi connectivity index (χ0) is 20.7.